The number of anilines is 2. The van der Waals surface area contributed by atoms with Gasteiger partial charge in [-0.25, -0.2) is 19.7 Å². The number of carboxylic acids is 1. The lowest BCUT2D eigenvalue weighted by atomic mass is 9.44. The van der Waals surface area contributed by atoms with Gasteiger partial charge >= 0.3 is 5.97 Å². The Balaban J connectivity index is 0.642. The molecule has 4 saturated carbocycles. The Hall–Kier alpha value is -7.88. The minimum atomic E-state index is -1.15. The zero-order valence-electron chi connectivity index (χ0n) is 50.7. The molecule has 7 aromatic rings. The van der Waals surface area contributed by atoms with Crippen LogP contribution < -0.4 is 26.2 Å². The number of pyridine rings is 1. The van der Waals surface area contributed by atoms with Crippen molar-refractivity contribution < 1.29 is 39.0 Å². The van der Waals surface area contributed by atoms with E-state index >= 15 is 0 Å². The SMILES string of the molecule is Cc1ncsc1-c1ccc([C@H](C)NC(=O)[C@@H]2C[C@@H](O)CN2C(=O)[C@@H](NC(=O)CCCCNC(=O)C23C[C@H]4C[C@@H](CC(Cn5ncc(-c6ccc(N7CCc8cccc(C(=O)Nc9nc%10ccccc%10s9)c8C7)nc6C(=O)O)c5C)(C4)C2)C3)C(C)(C)C)cc1. The van der Waals surface area contributed by atoms with Crippen molar-refractivity contribution in [3.8, 4) is 21.6 Å². The van der Waals surface area contributed by atoms with Crippen molar-refractivity contribution in [1.82, 2.24) is 45.6 Å². The van der Waals surface area contributed by atoms with Gasteiger partial charge in [-0.1, -0.05) is 80.6 Å². The fourth-order valence-corrected chi connectivity index (χ4v) is 16.9. The third-order valence-electron chi connectivity index (χ3n) is 19.2. The van der Waals surface area contributed by atoms with Gasteiger partial charge in [0.1, 0.15) is 17.9 Å². The maximum absolute atomic E-state index is 14.5. The Bertz CT molecular complexity index is 3800. The molecule has 19 nitrogen and oxygen atoms in total. The van der Waals surface area contributed by atoms with Crippen LogP contribution in [0.1, 0.15) is 147 Å². The highest BCUT2D eigenvalue weighted by Gasteiger charge is 2.60. The number of nitrogens with one attached hydrogen (secondary N) is 4. The number of hydrogen-bond donors (Lipinski definition) is 6. The fraction of sp³-hybridized carbons (Fsp3) is 0.463. The Labute approximate surface area is 520 Å². The van der Waals surface area contributed by atoms with E-state index in [0.29, 0.717) is 84.9 Å². The number of hydrogen-bond acceptors (Lipinski definition) is 14. The van der Waals surface area contributed by atoms with Gasteiger partial charge in [-0.2, -0.15) is 5.10 Å². The van der Waals surface area contributed by atoms with Crippen molar-refractivity contribution in [3.63, 3.8) is 0 Å². The number of β-amino-alcohol motifs (C(OH)–C–C–N with tert-alkyl or cyclic N) is 1. The summed E-state index contributed by atoms with van der Waals surface area (Å²) in [5, 5.41) is 39.2. The number of para-hydroxylation sites is 1. The van der Waals surface area contributed by atoms with Crippen LogP contribution in [0, 0.1) is 41.9 Å². The Morgan fingerprint density at radius 2 is 1.64 bits per heavy atom. The summed E-state index contributed by atoms with van der Waals surface area (Å²) in [4.78, 5) is 101. The highest BCUT2D eigenvalue weighted by molar-refractivity contribution is 7.22. The van der Waals surface area contributed by atoms with Crippen LogP contribution >= 0.6 is 22.7 Å². The number of carbonyl (C=O) groups is 6. The van der Waals surface area contributed by atoms with Crippen LogP contribution in [-0.4, -0.2) is 113 Å². The molecule has 6 N–H and O–H groups in total. The van der Waals surface area contributed by atoms with Crippen LogP contribution in [0.5, 0.6) is 0 Å². The molecule has 13 rings (SSSR count). The van der Waals surface area contributed by atoms with Gasteiger partial charge in [0.25, 0.3) is 5.91 Å². The first-order chi connectivity index (χ1) is 42.1. The van der Waals surface area contributed by atoms with Crippen LogP contribution in [-0.2, 0) is 38.7 Å². The second-order valence-corrected chi connectivity index (χ2v) is 28.4. The Morgan fingerprint density at radius 3 is 2.36 bits per heavy atom. The lowest BCUT2D eigenvalue weighted by molar-refractivity contribution is -0.159. The minimum absolute atomic E-state index is 0.0231. The maximum atomic E-state index is 14.5. The van der Waals surface area contributed by atoms with Gasteiger partial charge in [-0.05, 0) is 154 Å². The van der Waals surface area contributed by atoms with Crippen molar-refractivity contribution in [3.05, 3.63) is 130 Å². The van der Waals surface area contributed by atoms with Crippen molar-refractivity contribution in [2.45, 2.75) is 149 Å². The van der Waals surface area contributed by atoms with E-state index in [1.165, 1.54) is 16.2 Å². The molecule has 6 aliphatic rings. The van der Waals surface area contributed by atoms with Gasteiger partial charge in [0.2, 0.25) is 23.6 Å². The number of aromatic carboxylic acids is 1. The second kappa shape index (κ2) is 24.2. The van der Waals surface area contributed by atoms with Crippen molar-refractivity contribution in [2.75, 3.05) is 29.9 Å². The average Bonchev–Trinajstić information content (AvgIpc) is 1.33. The smallest absolute Gasteiger partial charge is 0.355 e. The number of nitrogens with zero attached hydrogens (tertiary/aromatic N) is 7. The van der Waals surface area contributed by atoms with Crippen LogP contribution in [0.15, 0.2) is 90.6 Å². The lowest BCUT2D eigenvalue weighted by Crippen LogP contribution is -2.58. The van der Waals surface area contributed by atoms with Gasteiger partial charge in [0.05, 0.1) is 50.1 Å². The van der Waals surface area contributed by atoms with E-state index in [0.717, 1.165) is 87.3 Å². The number of carboxylic acid groups (broad SMARTS) is 1. The average molecular weight is 1230 g/mol. The van der Waals surface area contributed by atoms with E-state index in [1.807, 2.05) is 135 Å². The number of rotatable bonds is 19. The third kappa shape index (κ3) is 12.2. The molecular weight excluding hydrogens is 1150 g/mol. The van der Waals surface area contributed by atoms with Crippen molar-refractivity contribution >= 4 is 79.3 Å². The molecule has 4 bridgehead atoms. The minimum Gasteiger partial charge on any atom is -0.476 e. The Kier molecular flexibility index (Phi) is 16.6. The number of aromatic nitrogens is 5. The van der Waals surface area contributed by atoms with E-state index < -0.39 is 40.9 Å². The van der Waals surface area contributed by atoms with Crippen molar-refractivity contribution in [1.29, 1.82) is 0 Å². The van der Waals surface area contributed by atoms with Crippen LogP contribution in [0.25, 0.3) is 31.8 Å². The normalized spacial score (nSPS) is 22.7. The number of fused-ring (bicyclic) bond motifs is 2. The number of aliphatic hydroxyl groups excluding tert-OH is 1. The number of thiazole rings is 2. The highest BCUT2D eigenvalue weighted by Crippen LogP contribution is 2.66. The molecule has 4 aliphatic carbocycles. The summed E-state index contributed by atoms with van der Waals surface area (Å²) in [5.41, 5.74) is 8.52. The first kappa shape index (κ1) is 60.4. The molecule has 0 unspecified atom stereocenters. The maximum Gasteiger partial charge on any atom is 0.355 e. The van der Waals surface area contributed by atoms with Gasteiger partial charge in [0, 0.05) is 67.9 Å². The molecule has 5 amide bonds. The van der Waals surface area contributed by atoms with E-state index in [1.54, 1.807) is 17.5 Å². The molecule has 5 fully saturated rings. The molecule has 0 spiro atoms. The molecule has 4 aromatic heterocycles. The van der Waals surface area contributed by atoms with E-state index in [-0.39, 0.29) is 60.2 Å². The van der Waals surface area contributed by atoms with E-state index in [2.05, 4.69) is 31.2 Å². The number of aryl methyl sites for hydroxylation is 1. The number of unbranched alkanes of at least 4 members (excludes halogenated alkanes) is 1. The zero-order valence-corrected chi connectivity index (χ0v) is 52.4. The van der Waals surface area contributed by atoms with E-state index in [9.17, 15) is 39.0 Å². The first-order valence-corrected chi connectivity index (χ1v) is 32.5. The number of amides is 5. The first-order valence-electron chi connectivity index (χ1n) is 30.8. The molecule has 1 saturated heterocycles. The van der Waals surface area contributed by atoms with Gasteiger partial charge in [0.15, 0.2) is 10.8 Å². The number of aliphatic hydroxyl groups is 1. The summed E-state index contributed by atoms with van der Waals surface area (Å²) in [6.07, 6.45) is 8.27. The van der Waals surface area contributed by atoms with Gasteiger partial charge < -0.3 is 36.0 Å². The molecular formula is C67H77N11O8S2. The summed E-state index contributed by atoms with van der Waals surface area (Å²) >= 11 is 2.99. The summed E-state index contributed by atoms with van der Waals surface area (Å²) < 4.78 is 2.98. The predicted octanol–water partition coefficient (Wildman–Crippen LogP) is 10.1. The monoisotopic (exact) mass is 1230 g/mol. The Morgan fingerprint density at radius 1 is 0.864 bits per heavy atom. The summed E-state index contributed by atoms with van der Waals surface area (Å²) in [6.45, 7) is 13.4. The van der Waals surface area contributed by atoms with Crippen LogP contribution in [0.3, 0.4) is 0 Å². The number of benzene rings is 3. The molecule has 21 heteroatoms. The standard InChI is InChI=1S/C67H77N11O8S2/c1-38(43-17-19-45(20-18-43)57-39(2)69-37-87-57)71-60(82)52-27-46(79)33-77(52)61(83)58(65(4,5)6)74-55(80)16-9-10-24-68-63(86)67-30-41-26-42(31-67)29-66(28-41,35-67)36-78-40(3)49(32-70-78)47-21-22-54(73-56(47)62(84)85)76-25-23-44-12-11-13-48(50(44)34-76)59(81)75-64-72-51-14-7-8-15-53(51)88-64/h7-8,11-15,17-22,32,37-38,41-42,46,52,58,79H,9-10,16,23-31,33-36H2,1-6H3,(H,68,86)(H,71,82)(H,74,80)(H,84,85)(H,72,75,81)/t38-,41-,42-,46+,52-,58+,66?,67?/m0/s1. The molecule has 6 atom stereocenters. The lowest BCUT2D eigenvalue weighted by Gasteiger charge is -2.61. The molecule has 2 aliphatic heterocycles. The number of carbonyl (C=O) groups excluding carboxylic acids is 5. The largest absolute Gasteiger partial charge is 0.476 e. The summed E-state index contributed by atoms with van der Waals surface area (Å²) in [5.74, 6) is -1.12. The number of likely N-dealkylation sites (tertiary alicyclic amines) is 1. The quantitative estimate of drug-likeness (QED) is 0.0413. The predicted molar refractivity (Wildman–Crippen MR) is 339 cm³/mol. The third-order valence-corrected chi connectivity index (χ3v) is 21.1. The molecule has 6 heterocycles. The van der Waals surface area contributed by atoms with Crippen LogP contribution in [0.2, 0.25) is 0 Å². The summed E-state index contributed by atoms with van der Waals surface area (Å²) in [6, 6.07) is 22.9. The fourth-order valence-electron chi connectivity index (χ4n) is 15.2. The molecule has 88 heavy (non-hydrogen) atoms. The topological polar surface area (TPSA) is 254 Å². The van der Waals surface area contributed by atoms with Crippen molar-refractivity contribution in [2.24, 2.45) is 28.1 Å². The van der Waals surface area contributed by atoms with Crippen LogP contribution in [0.4, 0.5) is 10.9 Å². The molecule has 460 valence electrons. The molecule has 3 aromatic carbocycles. The molecule has 0 radical (unpaired) electrons. The zero-order chi connectivity index (χ0) is 61.8. The van der Waals surface area contributed by atoms with Gasteiger partial charge in [-0.15, -0.1) is 11.3 Å². The highest BCUT2D eigenvalue weighted by atomic mass is 32.1. The second-order valence-electron chi connectivity index (χ2n) is 26.6. The van der Waals surface area contributed by atoms with Gasteiger partial charge in [-0.3, -0.25) is 34.0 Å². The summed E-state index contributed by atoms with van der Waals surface area (Å²) in [7, 11) is 0. The van der Waals surface area contributed by atoms with E-state index in [4.69, 9.17) is 10.1 Å².